The molecule has 1 atom stereocenters. The number of amides is 1. The maximum atomic E-state index is 12.0. The Bertz CT molecular complexity index is 475. The zero-order valence-corrected chi connectivity index (χ0v) is 15.1. The van der Waals surface area contributed by atoms with Crippen LogP contribution in [0.2, 0.25) is 0 Å². The number of carbonyl (C=O) groups excluding carboxylic acids is 2. The summed E-state index contributed by atoms with van der Waals surface area (Å²) in [5.74, 6) is -0.757. The van der Waals surface area contributed by atoms with Crippen LogP contribution in [0.4, 0.5) is 0 Å². The molecule has 0 fully saturated rings. The first kappa shape index (κ1) is 16.1. The molecule has 1 aromatic rings. The van der Waals surface area contributed by atoms with E-state index in [2.05, 4.69) is 57.8 Å². The SMILES string of the molecule is CC[C@H](NC(=O)c1sc(Br)c(Br)c1Br)C(=O)OC. The lowest BCUT2D eigenvalue weighted by Gasteiger charge is -2.13. The van der Waals surface area contributed by atoms with Gasteiger partial charge in [-0.1, -0.05) is 6.92 Å². The number of carbonyl (C=O) groups is 2. The molecule has 0 unspecified atom stereocenters. The summed E-state index contributed by atoms with van der Waals surface area (Å²) in [6.45, 7) is 1.80. The number of esters is 1. The summed E-state index contributed by atoms with van der Waals surface area (Å²) in [7, 11) is 1.30. The highest BCUT2D eigenvalue weighted by molar-refractivity contribution is 9.14. The van der Waals surface area contributed by atoms with Gasteiger partial charge < -0.3 is 10.1 Å². The van der Waals surface area contributed by atoms with Gasteiger partial charge in [-0.15, -0.1) is 11.3 Å². The van der Waals surface area contributed by atoms with E-state index in [1.165, 1.54) is 18.4 Å². The second-order valence-corrected chi connectivity index (χ2v) is 7.21. The third kappa shape index (κ3) is 3.55. The molecule has 8 heteroatoms. The molecule has 0 aliphatic heterocycles. The normalized spacial score (nSPS) is 12.1. The Morgan fingerprint density at radius 2 is 1.94 bits per heavy atom. The van der Waals surface area contributed by atoms with Crippen LogP contribution in [0.1, 0.15) is 23.0 Å². The summed E-state index contributed by atoms with van der Waals surface area (Å²) < 4.78 is 6.87. The average molecular weight is 464 g/mol. The van der Waals surface area contributed by atoms with Gasteiger partial charge in [-0.25, -0.2) is 4.79 Å². The molecule has 1 N–H and O–H groups in total. The van der Waals surface area contributed by atoms with Gasteiger partial charge in [0.2, 0.25) is 0 Å². The first-order chi connectivity index (χ1) is 8.42. The van der Waals surface area contributed by atoms with Crippen LogP contribution < -0.4 is 5.32 Å². The average Bonchev–Trinajstić information content (AvgIpc) is 2.62. The third-order valence-electron chi connectivity index (χ3n) is 2.16. The summed E-state index contributed by atoms with van der Waals surface area (Å²) in [6.07, 6.45) is 0.476. The lowest BCUT2D eigenvalue weighted by Crippen LogP contribution is -2.40. The van der Waals surface area contributed by atoms with Crippen LogP contribution in [-0.4, -0.2) is 25.0 Å². The molecule has 0 bridgehead atoms. The number of rotatable bonds is 4. The maximum Gasteiger partial charge on any atom is 0.328 e. The molecule has 4 nitrogen and oxygen atoms in total. The molecule has 100 valence electrons. The van der Waals surface area contributed by atoms with Crippen molar-refractivity contribution >= 4 is 71.0 Å². The molecule has 1 rings (SSSR count). The molecule has 0 aromatic carbocycles. The molecule has 1 heterocycles. The minimum atomic E-state index is -0.631. The number of thiophene rings is 1. The standard InChI is InChI=1S/C10H10Br3NO3S/c1-3-4(10(16)17-2)14-9(15)7-5(11)6(12)8(13)18-7/h4H,3H2,1-2H3,(H,14,15)/t4-/m0/s1. The molecule has 18 heavy (non-hydrogen) atoms. The van der Waals surface area contributed by atoms with Crippen molar-refractivity contribution in [2.24, 2.45) is 0 Å². The van der Waals surface area contributed by atoms with Crippen LogP contribution in [0.5, 0.6) is 0 Å². The fourth-order valence-electron chi connectivity index (χ4n) is 1.20. The number of methoxy groups -OCH3 is 1. The van der Waals surface area contributed by atoms with Crippen LogP contribution >= 0.6 is 59.1 Å². The van der Waals surface area contributed by atoms with E-state index in [1.54, 1.807) is 6.92 Å². The Morgan fingerprint density at radius 1 is 1.33 bits per heavy atom. The number of hydrogen-bond acceptors (Lipinski definition) is 4. The van der Waals surface area contributed by atoms with Crippen LogP contribution in [0.25, 0.3) is 0 Å². The topological polar surface area (TPSA) is 55.4 Å². The molecule has 0 saturated carbocycles. The van der Waals surface area contributed by atoms with Crippen LogP contribution in [0.3, 0.4) is 0 Å². The molecule has 1 amide bonds. The minimum absolute atomic E-state index is 0.310. The fraction of sp³-hybridized carbons (Fsp3) is 0.400. The van der Waals surface area contributed by atoms with Crippen LogP contribution in [-0.2, 0) is 9.53 Å². The summed E-state index contributed by atoms with van der Waals surface area (Å²) in [5.41, 5.74) is 0. The molecular formula is C10H10Br3NO3S. The number of nitrogens with one attached hydrogen (secondary N) is 1. The largest absolute Gasteiger partial charge is 0.467 e. The highest BCUT2D eigenvalue weighted by Crippen LogP contribution is 2.40. The highest BCUT2D eigenvalue weighted by atomic mass is 79.9. The predicted octanol–water partition coefficient (Wildman–Crippen LogP) is 3.72. The summed E-state index contributed by atoms with van der Waals surface area (Å²) in [6, 6.07) is -0.631. The Balaban J connectivity index is 2.88. The van der Waals surface area contributed by atoms with E-state index in [9.17, 15) is 9.59 Å². The van der Waals surface area contributed by atoms with E-state index in [0.29, 0.717) is 15.8 Å². The quantitative estimate of drug-likeness (QED) is 0.692. The lowest BCUT2D eigenvalue weighted by molar-refractivity contribution is -0.142. The monoisotopic (exact) mass is 461 g/mol. The predicted molar refractivity (Wildman–Crippen MR) is 81.0 cm³/mol. The Labute approximate surface area is 134 Å². The van der Waals surface area contributed by atoms with Crippen molar-refractivity contribution in [1.29, 1.82) is 0 Å². The molecule has 0 spiro atoms. The second kappa shape index (κ2) is 7.02. The van der Waals surface area contributed by atoms with E-state index >= 15 is 0 Å². The number of halogens is 3. The van der Waals surface area contributed by atoms with E-state index in [1.807, 2.05) is 0 Å². The van der Waals surface area contributed by atoms with Gasteiger partial charge in [0.15, 0.2) is 0 Å². The second-order valence-electron chi connectivity index (χ2n) is 3.29. The first-order valence-corrected chi connectivity index (χ1v) is 8.13. The first-order valence-electron chi connectivity index (χ1n) is 4.94. The molecule has 0 saturated heterocycles. The molecule has 0 aliphatic carbocycles. The zero-order valence-electron chi connectivity index (χ0n) is 9.55. The van der Waals surface area contributed by atoms with Gasteiger partial charge in [-0.2, -0.15) is 0 Å². The fourth-order valence-corrected chi connectivity index (χ4v) is 4.19. The van der Waals surface area contributed by atoms with Crippen molar-refractivity contribution in [2.45, 2.75) is 19.4 Å². The van der Waals surface area contributed by atoms with E-state index in [0.717, 1.165) is 8.26 Å². The smallest absolute Gasteiger partial charge is 0.328 e. The molecular weight excluding hydrogens is 454 g/mol. The van der Waals surface area contributed by atoms with Crippen molar-refractivity contribution in [3.63, 3.8) is 0 Å². The lowest BCUT2D eigenvalue weighted by atomic mass is 10.2. The van der Waals surface area contributed by atoms with Gasteiger partial charge in [0, 0.05) is 0 Å². The van der Waals surface area contributed by atoms with Crippen molar-refractivity contribution in [2.75, 3.05) is 7.11 Å². The van der Waals surface area contributed by atoms with Gasteiger partial charge in [0.1, 0.15) is 10.9 Å². The third-order valence-corrected chi connectivity index (χ3v) is 7.20. The zero-order chi connectivity index (χ0) is 13.9. The van der Waals surface area contributed by atoms with Crippen molar-refractivity contribution in [3.05, 3.63) is 17.6 Å². The highest BCUT2D eigenvalue weighted by Gasteiger charge is 2.24. The van der Waals surface area contributed by atoms with Gasteiger partial charge in [-0.3, -0.25) is 4.79 Å². The molecule has 0 aliphatic rings. The van der Waals surface area contributed by atoms with Crippen LogP contribution in [0, 0.1) is 0 Å². The van der Waals surface area contributed by atoms with E-state index in [4.69, 9.17) is 0 Å². The summed E-state index contributed by atoms with van der Waals surface area (Å²) in [4.78, 5) is 23.9. The van der Waals surface area contributed by atoms with E-state index < -0.39 is 12.0 Å². The van der Waals surface area contributed by atoms with Crippen molar-refractivity contribution in [3.8, 4) is 0 Å². The van der Waals surface area contributed by atoms with Gasteiger partial charge in [0.25, 0.3) is 5.91 Å². The van der Waals surface area contributed by atoms with Crippen molar-refractivity contribution in [1.82, 2.24) is 5.32 Å². The molecule has 0 radical (unpaired) electrons. The summed E-state index contributed by atoms with van der Waals surface area (Å²) in [5, 5.41) is 2.64. The molecule has 1 aromatic heterocycles. The minimum Gasteiger partial charge on any atom is -0.467 e. The van der Waals surface area contributed by atoms with Gasteiger partial charge in [0.05, 0.1) is 19.8 Å². The van der Waals surface area contributed by atoms with Crippen LogP contribution in [0.15, 0.2) is 12.7 Å². The number of hydrogen-bond donors (Lipinski definition) is 1. The van der Waals surface area contributed by atoms with Crippen molar-refractivity contribution < 1.29 is 14.3 Å². The Kier molecular flexibility index (Phi) is 6.29. The Hall–Kier alpha value is 0.0800. The Morgan fingerprint density at radius 3 is 2.33 bits per heavy atom. The summed E-state index contributed by atoms with van der Waals surface area (Å²) >= 11 is 11.3. The maximum absolute atomic E-state index is 12.0. The van der Waals surface area contributed by atoms with E-state index in [-0.39, 0.29) is 5.91 Å². The van der Waals surface area contributed by atoms with Gasteiger partial charge >= 0.3 is 5.97 Å². The van der Waals surface area contributed by atoms with Gasteiger partial charge in [-0.05, 0) is 54.2 Å². The number of ether oxygens (including phenoxy) is 1.